The van der Waals surface area contributed by atoms with Crippen LogP contribution in [0.15, 0.2) is 12.4 Å². The van der Waals surface area contributed by atoms with Crippen molar-refractivity contribution in [3.05, 3.63) is 82.0 Å². The first-order valence-electron chi connectivity index (χ1n) is 8.16. The van der Waals surface area contributed by atoms with Crippen LogP contribution in [0.4, 0.5) is 43.9 Å². The van der Waals surface area contributed by atoms with Crippen molar-refractivity contribution in [2.45, 2.75) is 0 Å². The van der Waals surface area contributed by atoms with Gasteiger partial charge in [0.2, 0.25) is 69.7 Å². The predicted molar refractivity (Wildman–Crippen MR) is 84.4 cm³/mol. The van der Waals surface area contributed by atoms with E-state index in [1.54, 1.807) is 0 Å². The molecule has 0 aliphatic carbocycles. The van der Waals surface area contributed by atoms with E-state index in [9.17, 15) is 53.5 Å². The predicted octanol–water partition coefficient (Wildman–Crippen LogP) is 4.31. The van der Waals surface area contributed by atoms with Crippen LogP contribution in [-0.4, -0.2) is 21.9 Å². The lowest BCUT2D eigenvalue weighted by molar-refractivity contribution is 0.0692. The molecule has 0 N–H and O–H groups in total. The molecule has 0 saturated heterocycles. The molecule has 0 fully saturated rings. The number of carbonyl (C=O) groups excluding carboxylic acids is 2. The Morgan fingerprint density at radius 2 is 0.706 bits per heavy atom. The van der Waals surface area contributed by atoms with Gasteiger partial charge in [0.1, 0.15) is 0 Å². The largest absolute Gasteiger partial charge is 0.415 e. The quantitative estimate of drug-likeness (QED) is 0.175. The maximum Gasteiger partial charge on any atom is 0.364 e. The van der Waals surface area contributed by atoms with Crippen LogP contribution in [0.3, 0.4) is 0 Å². The summed E-state index contributed by atoms with van der Waals surface area (Å²) >= 11 is 0. The van der Waals surface area contributed by atoms with E-state index in [-0.39, 0.29) is 0 Å². The number of hydrogen-bond donors (Lipinski definition) is 0. The Morgan fingerprint density at radius 3 is 0.941 bits per heavy atom. The Kier molecular flexibility index (Phi) is 6.42. The number of benzene rings is 2. The van der Waals surface area contributed by atoms with E-state index in [0.29, 0.717) is 12.4 Å². The SMILES string of the molecule is O=C(Oc1c(F)c(F)c(F)c(F)c1F)c1cnc(C(=O)Oc2c(F)c(F)c(F)c(F)c2F)cn1. The van der Waals surface area contributed by atoms with Gasteiger partial charge >= 0.3 is 11.9 Å². The number of hydrogen-bond acceptors (Lipinski definition) is 6. The standard InChI is InChI=1S/C18H2F10N2O4/c19-5-7(21)11(25)15(12(26)8(5)22)33-17(31)3-1-29-4(2-30-3)18(32)34-16-13(27)9(23)6(20)10(24)14(16)28/h1-2H. The van der Waals surface area contributed by atoms with Crippen LogP contribution in [0.25, 0.3) is 0 Å². The van der Waals surface area contributed by atoms with E-state index >= 15 is 0 Å². The summed E-state index contributed by atoms with van der Waals surface area (Å²) in [4.78, 5) is 30.2. The fourth-order valence-corrected chi connectivity index (χ4v) is 2.18. The van der Waals surface area contributed by atoms with E-state index in [1.807, 2.05) is 0 Å². The molecule has 0 bridgehead atoms. The first kappa shape index (κ1) is 24.4. The van der Waals surface area contributed by atoms with Gasteiger partial charge in [-0.2, -0.15) is 17.6 Å². The zero-order valence-electron chi connectivity index (χ0n) is 15.5. The Balaban J connectivity index is 1.83. The van der Waals surface area contributed by atoms with Crippen molar-refractivity contribution in [2.24, 2.45) is 0 Å². The zero-order valence-corrected chi connectivity index (χ0v) is 15.5. The number of carbonyl (C=O) groups is 2. The third kappa shape index (κ3) is 4.08. The van der Waals surface area contributed by atoms with Gasteiger partial charge in [0.05, 0.1) is 12.4 Å². The van der Waals surface area contributed by atoms with Gasteiger partial charge in [0.15, 0.2) is 11.4 Å². The second kappa shape index (κ2) is 8.95. The molecule has 0 aliphatic rings. The van der Waals surface area contributed by atoms with Crippen molar-refractivity contribution in [3.8, 4) is 11.5 Å². The van der Waals surface area contributed by atoms with E-state index < -0.39 is 93.0 Å². The van der Waals surface area contributed by atoms with Gasteiger partial charge in [0.25, 0.3) is 0 Å². The molecule has 0 aliphatic heterocycles. The monoisotopic (exact) mass is 500 g/mol. The molecule has 0 atom stereocenters. The molecule has 3 rings (SSSR count). The molecular formula is C18H2F10N2O4. The molecule has 34 heavy (non-hydrogen) atoms. The third-order valence-corrected chi connectivity index (χ3v) is 3.80. The van der Waals surface area contributed by atoms with Crippen molar-refractivity contribution in [1.29, 1.82) is 0 Å². The summed E-state index contributed by atoms with van der Waals surface area (Å²) in [6.45, 7) is 0. The molecule has 6 nitrogen and oxygen atoms in total. The maximum atomic E-state index is 13.6. The fourth-order valence-electron chi connectivity index (χ4n) is 2.18. The molecule has 0 amide bonds. The van der Waals surface area contributed by atoms with Gasteiger partial charge in [-0.1, -0.05) is 0 Å². The summed E-state index contributed by atoms with van der Waals surface area (Å²) in [6, 6.07) is 0. The Morgan fingerprint density at radius 1 is 0.471 bits per heavy atom. The molecular weight excluding hydrogens is 498 g/mol. The number of aromatic nitrogens is 2. The minimum absolute atomic E-state index is 0.337. The average Bonchev–Trinajstić information content (AvgIpc) is 2.84. The van der Waals surface area contributed by atoms with Crippen molar-refractivity contribution in [3.63, 3.8) is 0 Å². The van der Waals surface area contributed by atoms with Crippen LogP contribution in [-0.2, 0) is 0 Å². The lowest BCUT2D eigenvalue weighted by Crippen LogP contribution is -2.18. The molecule has 3 aromatic rings. The lowest BCUT2D eigenvalue weighted by Gasteiger charge is -2.09. The second-order valence-corrected chi connectivity index (χ2v) is 5.86. The summed E-state index contributed by atoms with van der Waals surface area (Å²) in [7, 11) is 0. The highest BCUT2D eigenvalue weighted by Gasteiger charge is 2.31. The highest BCUT2D eigenvalue weighted by atomic mass is 19.2. The fraction of sp³-hybridized carbons (Fsp3) is 0. The van der Waals surface area contributed by atoms with Crippen LogP contribution in [0.2, 0.25) is 0 Å². The number of esters is 2. The number of halogens is 10. The van der Waals surface area contributed by atoms with Crippen LogP contribution < -0.4 is 9.47 Å². The van der Waals surface area contributed by atoms with Gasteiger partial charge in [0, 0.05) is 0 Å². The maximum absolute atomic E-state index is 13.6. The molecule has 1 heterocycles. The highest BCUT2D eigenvalue weighted by Crippen LogP contribution is 2.31. The summed E-state index contributed by atoms with van der Waals surface area (Å²) < 4.78 is 141. The lowest BCUT2D eigenvalue weighted by atomic mass is 10.2. The molecule has 0 unspecified atom stereocenters. The Bertz CT molecular complexity index is 1190. The van der Waals surface area contributed by atoms with Crippen LogP contribution in [0.1, 0.15) is 21.0 Å². The minimum atomic E-state index is -2.52. The Hall–Kier alpha value is -4.24. The first-order valence-corrected chi connectivity index (χ1v) is 8.16. The summed E-state index contributed by atoms with van der Waals surface area (Å²) in [6.07, 6.45) is 0.674. The zero-order chi connectivity index (χ0) is 25.5. The van der Waals surface area contributed by atoms with Gasteiger partial charge in [-0.05, 0) is 0 Å². The summed E-state index contributed by atoms with van der Waals surface area (Å²) in [5.74, 6) is -32.3. The Labute approximate surface area is 179 Å². The van der Waals surface area contributed by atoms with E-state index in [0.717, 1.165) is 0 Å². The first-order chi connectivity index (χ1) is 15.9. The number of nitrogens with zero attached hydrogens (tertiary/aromatic N) is 2. The summed E-state index contributed by atoms with van der Waals surface area (Å²) in [5, 5.41) is 0. The number of rotatable bonds is 4. The molecule has 178 valence electrons. The smallest absolute Gasteiger partial charge is 0.364 e. The topological polar surface area (TPSA) is 78.4 Å². The van der Waals surface area contributed by atoms with Crippen molar-refractivity contribution >= 4 is 11.9 Å². The van der Waals surface area contributed by atoms with Crippen LogP contribution in [0, 0.1) is 58.2 Å². The van der Waals surface area contributed by atoms with Gasteiger partial charge in [-0.15, -0.1) is 0 Å². The normalized spacial score (nSPS) is 10.9. The van der Waals surface area contributed by atoms with E-state index in [2.05, 4.69) is 19.4 Å². The van der Waals surface area contributed by atoms with Crippen molar-refractivity contribution in [2.75, 3.05) is 0 Å². The van der Waals surface area contributed by atoms with Crippen LogP contribution in [0.5, 0.6) is 11.5 Å². The number of ether oxygens (including phenoxy) is 2. The van der Waals surface area contributed by atoms with Gasteiger partial charge < -0.3 is 9.47 Å². The van der Waals surface area contributed by atoms with Gasteiger partial charge in [-0.3, -0.25) is 0 Å². The molecule has 0 radical (unpaired) electrons. The van der Waals surface area contributed by atoms with Crippen molar-refractivity contribution < 1.29 is 63.0 Å². The molecule has 0 spiro atoms. The van der Waals surface area contributed by atoms with Crippen molar-refractivity contribution in [1.82, 2.24) is 9.97 Å². The second-order valence-electron chi connectivity index (χ2n) is 5.86. The van der Waals surface area contributed by atoms with Gasteiger partial charge in [-0.25, -0.2) is 45.9 Å². The minimum Gasteiger partial charge on any atom is -0.415 e. The average molecular weight is 500 g/mol. The highest BCUT2D eigenvalue weighted by molar-refractivity contribution is 5.91. The third-order valence-electron chi connectivity index (χ3n) is 3.80. The molecule has 1 aromatic heterocycles. The summed E-state index contributed by atoms with van der Waals surface area (Å²) in [5.41, 5.74) is -1.95. The molecule has 0 saturated carbocycles. The van der Waals surface area contributed by atoms with E-state index in [1.165, 1.54) is 0 Å². The van der Waals surface area contributed by atoms with E-state index in [4.69, 9.17) is 0 Å². The molecule has 16 heteroatoms. The molecule has 2 aromatic carbocycles. The van der Waals surface area contributed by atoms with Crippen LogP contribution >= 0.6 is 0 Å².